The van der Waals surface area contributed by atoms with Crippen LogP contribution in [0.2, 0.25) is 0 Å². The zero-order chi connectivity index (χ0) is 22.8. The first-order chi connectivity index (χ1) is 16.1. The average molecular weight is 466 g/mol. The highest BCUT2D eigenvalue weighted by Crippen LogP contribution is 2.30. The van der Waals surface area contributed by atoms with Crippen LogP contribution in [0.3, 0.4) is 0 Å². The normalized spacial score (nSPS) is 18.5. The van der Waals surface area contributed by atoms with Gasteiger partial charge in [-0.2, -0.15) is 5.10 Å². The van der Waals surface area contributed by atoms with Gasteiger partial charge in [0.15, 0.2) is 5.69 Å². The van der Waals surface area contributed by atoms with Crippen LogP contribution in [0, 0.1) is 0 Å². The molecule has 0 bridgehead atoms. The Bertz CT molecular complexity index is 1100. The number of hydrogen-bond acceptors (Lipinski definition) is 6. The second-order valence-corrected chi connectivity index (χ2v) is 9.74. The van der Waals surface area contributed by atoms with Gasteiger partial charge >= 0.3 is 0 Å². The van der Waals surface area contributed by atoms with Gasteiger partial charge < -0.3 is 9.64 Å². The minimum atomic E-state index is 0.0532. The molecule has 8 heteroatoms. The molecule has 3 aromatic rings. The molecule has 0 spiro atoms. The fourth-order valence-electron chi connectivity index (χ4n) is 4.86. The van der Waals surface area contributed by atoms with E-state index in [1.807, 2.05) is 27.8 Å². The predicted molar refractivity (Wildman–Crippen MR) is 129 cm³/mol. The van der Waals surface area contributed by atoms with Crippen molar-refractivity contribution < 1.29 is 9.53 Å². The van der Waals surface area contributed by atoms with Gasteiger partial charge in [-0.15, -0.1) is 11.3 Å². The van der Waals surface area contributed by atoms with Gasteiger partial charge in [-0.3, -0.25) is 14.4 Å². The summed E-state index contributed by atoms with van der Waals surface area (Å²) in [6.45, 7) is 6.20. The second kappa shape index (κ2) is 9.75. The number of carbonyl (C=O) groups excluding carboxylic acids is 1. The first kappa shape index (κ1) is 22.3. The molecule has 174 valence electrons. The smallest absolute Gasteiger partial charge is 0.274 e. The number of thiazole rings is 1. The SMILES string of the molecule is CCn1nc(C(=O)N2CCOCC2)c2c1CCC(N(C)Cc1nc(-c3ccccc3)cs1)C2. The number of ether oxygens (including phenoxy) is 1. The van der Waals surface area contributed by atoms with E-state index < -0.39 is 0 Å². The molecule has 7 nitrogen and oxygen atoms in total. The van der Waals surface area contributed by atoms with Gasteiger partial charge in [-0.05, 0) is 33.2 Å². The molecule has 2 aliphatic rings. The number of hydrogen-bond donors (Lipinski definition) is 0. The van der Waals surface area contributed by atoms with Crippen molar-refractivity contribution in [1.29, 1.82) is 0 Å². The van der Waals surface area contributed by atoms with Gasteiger partial charge in [0.25, 0.3) is 5.91 Å². The van der Waals surface area contributed by atoms with Gasteiger partial charge in [-0.1, -0.05) is 30.3 Å². The molecule has 1 atom stereocenters. The lowest BCUT2D eigenvalue weighted by Gasteiger charge is -2.31. The minimum absolute atomic E-state index is 0.0532. The number of amides is 1. The molecule has 0 saturated carbocycles. The van der Waals surface area contributed by atoms with Crippen molar-refractivity contribution in [1.82, 2.24) is 24.6 Å². The van der Waals surface area contributed by atoms with Crippen molar-refractivity contribution in [3.63, 3.8) is 0 Å². The van der Waals surface area contributed by atoms with E-state index in [4.69, 9.17) is 14.8 Å². The molecular formula is C25H31N5O2S. The molecule has 1 fully saturated rings. The van der Waals surface area contributed by atoms with E-state index in [0.29, 0.717) is 38.0 Å². The van der Waals surface area contributed by atoms with Crippen LogP contribution < -0.4 is 0 Å². The van der Waals surface area contributed by atoms with Gasteiger partial charge in [0.2, 0.25) is 0 Å². The van der Waals surface area contributed by atoms with Crippen LogP contribution in [0.15, 0.2) is 35.7 Å². The van der Waals surface area contributed by atoms with Gasteiger partial charge in [0, 0.05) is 47.9 Å². The highest BCUT2D eigenvalue weighted by molar-refractivity contribution is 7.09. The summed E-state index contributed by atoms with van der Waals surface area (Å²) in [7, 11) is 2.17. The van der Waals surface area contributed by atoms with Crippen LogP contribution in [0.1, 0.15) is 40.1 Å². The van der Waals surface area contributed by atoms with E-state index in [-0.39, 0.29) is 5.91 Å². The summed E-state index contributed by atoms with van der Waals surface area (Å²) in [5.41, 5.74) is 5.22. The number of fused-ring (bicyclic) bond motifs is 1. The number of nitrogens with zero attached hydrogens (tertiary/aromatic N) is 5. The number of aromatic nitrogens is 3. The second-order valence-electron chi connectivity index (χ2n) is 8.80. The Morgan fingerprint density at radius 2 is 2.03 bits per heavy atom. The molecule has 2 aromatic heterocycles. The lowest BCUT2D eigenvalue weighted by molar-refractivity contribution is 0.0297. The van der Waals surface area contributed by atoms with E-state index >= 15 is 0 Å². The maximum atomic E-state index is 13.3. The Hall–Kier alpha value is -2.55. The van der Waals surface area contributed by atoms with Crippen molar-refractivity contribution >= 4 is 17.2 Å². The molecule has 1 unspecified atom stereocenters. The van der Waals surface area contributed by atoms with Gasteiger partial charge in [-0.25, -0.2) is 4.98 Å². The number of aryl methyl sites for hydroxylation is 1. The third-order valence-electron chi connectivity index (χ3n) is 6.75. The fraction of sp³-hybridized carbons (Fsp3) is 0.480. The largest absolute Gasteiger partial charge is 0.378 e. The van der Waals surface area contributed by atoms with Crippen molar-refractivity contribution in [2.75, 3.05) is 33.4 Å². The molecule has 1 saturated heterocycles. The summed E-state index contributed by atoms with van der Waals surface area (Å²) in [5.74, 6) is 0.0532. The minimum Gasteiger partial charge on any atom is -0.378 e. The quantitative estimate of drug-likeness (QED) is 0.558. The molecule has 33 heavy (non-hydrogen) atoms. The Kier molecular flexibility index (Phi) is 6.57. The summed E-state index contributed by atoms with van der Waals surface area (Å²) in [6.07, 6.45) is 2.88. The van der Waals surface area contributed by atoms with E-state index in [9.17, 15) is 4.79 Å². The third-order valence-corrected chi connectivity index (χ3v) is 7.58. The summed E-state index contributed by atoms with van der Waals surface area (Å²) >= 11 is 1.72. The Morgan fingerprint density at radius 1 is 1.24 bits per heavy atom. The van der Waals surface area contributed by atoms with Crippen LogP contribution in [0.5, 0.6) is 0 Å². The predicted octanol–water partition coefficient (Wildman–Crippen LogP) is 3.49. The van der Waals surface area contributed by atoms with Crippen LogP contribution in [-0.4, -0.2) is 69.9 Å². The molecule has 1 aliphatic heterocycles. The van der Waals surface area contributed by atoms with Crippen LogP contribution in [0.25, 0.3) is 11.3 Å². The highest BCUT2D eigenvalue weighted by atomic mass is 32.1. The topological polar surface area (TPSA) is 63.5 Å². The third kappa shape index (κ3) is 4.60. The molecule has 0 N–H and O–H groups in total. The number of rotatable bonds is 6. The number of carbonyl (C=O) groups is 1. The summed E-state index contributed by atoms with van der Waals surface area (Å²) in [4.78, 5) is 22.4. The van der Waals surface area contributed by atoms with Crippen molar-refractivity contribution in [3.05, 3.63) is 57.7 Å². The van der Waals surface area contributed by atoms with Gasteiger partial charge in [0.1, 0.15) is 5.01 Å². The van der Waals surface area contributed by atoms with E-state index in [1.165, 1.54) is 5.69 Å². The Labute approximate surface area is 199 Å². The lowest BCUT2D eigenvalue weighted by atomic mass is 9.90. The summed E-state index contributed by atoms with van der Waals surface area (Å²) in [6, 6.07) is 10.7. The monoisotopic (exact) mass is 465 g/mol. The van der Waals surface area contributed by atoms with Crippen LogP contribution >= 0.6 is 11.3 Å². The molecule has 5 rings (SSSR count). The average Bonchev–Trinajstić information content (AvgIpc) is 3.49. The molecule has 0 radical (unpaired) electrons. The first-order valence-corrected chi connectivity index (χ1v) is 12.7. The first-order valence-electron chi connectivity index (χ1n) is 11.8. The Balaban J connectivity index is 1.31. The van der Waals surface area contributed by atoms with Crippen LogP contribution in [-0.2, 0) is 30.7 Å². The summed E-state index contributed by atoms with van der Waals surface area (Å²) < 4.78 is 7.46. The standard InChI is InChI=1S/C25H31N5O2S/c1-3-30-22-10-9-19(15-20(22)24(27-30)25(31)29-11-13-32-14-12-29)28(2)16-23-26-21(17-33-23)18-7-5-4-6-8-18/h4-8,17,19H,3,9-16H2,1-2H3. The lowest BCUT2D eigenvalue weighted by Crippen LogP contribution is -2.42. The van der Waals surface area contributed by atoms with Gasteiger partial charge in [0.05, 0.1) is 25.5 Å². The molecule has 1 amide bonds. The molecular weight excluding hydrogens is 434 g/mol. The number of benzene rings is 1. The van der Waals surface area contributed by atoms with Crippen molar-refractivity contribution in [2.45, 2.75) is 45.3 Å². The van der Waals surface area contributed by atoms with Crippen molar-refractivity contribution in [3.8, 4) is 11.3 Å². The van der Waals surface area contributed by atoms with E-state index in [2.05, 4.69) is 36.4 Å². The maximum Gasteiger partial charge on any atom is 0.274 e. The fourth-order valence-corrected chi connectivity index (χ4v) is 5.73. The molecule has 1 aromatic carbocycles. The van der Waals surface area contributed by atoms with Crippen molar-refractivity contribution in [2.24, 2.45) is 0 Å². The Morgan fingerprint density at radius 3 is 2.79 bits per heavy atom. The molecule has 1 aliphatic carbocycles. The van der Waals surface area contributed by atoms with E-state index in [0.717, 1.165) is 54.2 Å². The van der Waals surface area contributed by atoms with Crippen LogP contribution in [0.4, 0.5) is 0 Å². The zero-order valence-corrected chi connectivity index (χ0v) is 20.2. The molecule has 3 heterocycles. The highest BCUT2D eigenvalue weighted by Gasteiger charge is 2.32. The number of likely N-dealkylation sites (N-methyl/N-ethyl adjacent to an activating group) is 1. The van der Waals surface area contributed by atoms with E-state index in [1.54, 1.807) is 11.3 Å². The number of morpholine rings is 1. The zero-order valence-electron chi connectivity index (χ0n) is 19.4. The summed E-state index contributed by atoms with van der Waals surface area (Å²) in [5, 5.41) is 8.02. The maximum absolute atomic E-state index is 13.3.